The molecule has 4 aliphatic rings. The Balaban J connectivity index is 1.78. The van der Waals surface area contributed by atoms with Gasteiger partial charge < -0.3 is 35.7 Å². The first-order valence-electron chi connectivity index (χ1n) is 14.0. The summed E-state index contributed by atoms with van der Waals surface area (Å²) in [6, 6.07) is 0. The molecule has 12 atom stereocenters. The van der Waals surface area contributed by atoms with Gasteiger partial charge in [0.15, 0.2) is 0 Å². The molecule has 12 unspecified atom stereocenters. The van der Waals surface area contributed by atoms with E-state index in [-0.39, 0.29) is 37.7 Å². The quantitative estimate of drug-likeness (QED) is 0.154. The Morgan fingerprint density at radius 3 is 2.28 bits per heavy atom. The van der Waals surface area contributed by atoms with Crippen LogP contribution in [-0.4, -0.2) is 96.5 Å². The lowest BCUT2D eigenvalue weighted by molar-refractivity contribution is -0.369. The van der Waals surface area contributed by atoms with Crippen LogP contribution < -0.4 is 0 Å². The largest absolute Gasteiger partial charge is 0.397 e. The van der Waals surface area contributed by atoms with Gasteiger partial charge in [0, 0.05) is 17.3 Å². The molecule has 0 saturated heterocycles. The smallest absolute Gasteiger partial charge is 0.392 e. The highest BCUT2D eigenvalue weighted by Gasteiger charge is 2.81. The summed E-state index contributed by atoms with van der Waals surface area (Å²) in [5, 5.41) is 79.1. The summed E-state index contributed by atoms with van der Waals surface area (Å²) >= 11 is 0. The zero-order valence-corrected chi connectivity index (χ0v) is 24.0. The third-order valence-electron chi connectivity index (χ3n) is 11.6. The summed E-state index contributed by atoms with van der Waals surface area (Å²) in [6.07, 6.45) is -2.87. The molecule has 0 spiro atoms. The second-order valence-electron chi connectivity index (χ2n) is 13.3. The van der Waals surface area contributed by atoms with Gasteiger partial charge in [0.05, 0.1) is 18.8 Å². The van der Waals surface area contributed by atoms with Gasteiger partial charge >= 0.3 is 10.4 Å². The molecule has 0 heterocycles. The maximum absolute atomic E-state index is 12.5. The second kappa shape index (κ2) is 9.96. The van der Waals surface area contributed by atoms with Crippen LogP contribution >= 0.6 is 0 Å². The van der Waals surface area contributed by atoms with Gasteiger partial charge in [0.25, 0.3) is 0 Å². The third-order valence-corrected chi connectivity index (χ3v) is 12.0. The molecule has 0 amide bonds. The Morgan fingerprint density at radius 2 is 1.69 bits per heavy atom. The molecule has 11 nitrogen and oxygen atoms in total. The Labute approximate surface area is 230 Å². The van der Waals surface area contributed by atoms with E-state index in [2.05, 4.69) is 0 Å². The van der Waals surface area contributed by atoms with Crippen molar-refractivity contribution < 1.29 is 52.9 Å². The topological polar surface area (TPSA) is 205 Å². The lowest BCUT2D eigenvalue weighted by Gasteiger charge is -2.71. The zero-order valence-electron chi connectivity index (χ0n) is 23.2. The first-order chi connectivity index (χ1) is 17.8. The van der Waals surface area contributed by atoms with Crippen LogP contribution in [0, 0.1) is 28.6 Å². The van der Waals surface area contributed by atoms with Crippen molar-refractivity contribution in [1.29, 1.82) is 0 Å². The molecule has 226 valence electrons. The molecule has 4 saturated carbocycles. The summed E-state index contributed by atoms with van der Waals surface area (Å²) in [4.78, 5) is 0. The van der Waals surface area contributed by atoms with Crippen molar-refractivity contribution in [3.63, 3.8) is 0 Å². The van der Waals surface area contributed by atoms with Crippen LogP contribution in [0.15, 0.2) is 11.6 Å². The highest BCUT2D eigenvalue weighted by Crippen LogP contribution is 2.72. The molecule has 0 bridgehead atoms. The SMILES string of the molecule is CC(=CCCC(C)C1CC(O)C2(O)C1(C)CCC1C3(C)CCC(O)C(O)C3(O)C(OS(=O)(=O)O)CC12O)CO. The first kappa shape index (κ1) is 31.3. The minimum absolute atomic E-state index is 0.0224. The average molecular weight is 579 g/mol. The van der Waals surface area contributed by atoms with Crippen LogP contribution in [0.1, 0.15) is 79.1 Å². The summed E-state index contributed by atoms with van der Waals surface area (Å²) in [7, 11) is -5.19. The highest BCUT2D eigenvalue weighted by molar-refractivity contribution is 7.80. The normalized spacial score (nSPS) is 51.1. The van der Waals surface area contributed by atoms with Crippen molar-refractivity contribution in [1.82, 2.24) is 0 Å². The second-order valence-corrected chi connectivity index (χ2v) is 14.4. The molecule has 12 heteroatoms. The highest BCUT2D eigenvalue weighted by atomic mass is 32.3. The van der Waals surface area contributed by atoms with E-state index in [4.69, 9.17) is 4.18 Å². The fourth-order valence-electron chi connectivity index (χ4n) is 9.45. The fourth-order valence-corrected chi connectivity index (χ4v) is 9.95. The Kier molecular flexibility index (Phi) is 7.99. The van der Waals surface area contributed by atoms with Crippen LogP contribution in [0.25, 0.3) is 0 Å². The first-order valence-corrected chi connectivity index (χ1v) is 15.3. The van der Waals surface area contributed by atoms with Gasteiger partial charge in [0.1, 0.15) is 29.0 Å². The van der Waals surface area contributed by atoms with E-state index < -0.39 is 74.8 Å². The lowest BCUT2D eigenvalue weighted by Crippen LogP contribution is -2.83. The summed E-state index contributed by atoms with van der Waals surface area (Å²) in [6.45, 7) is 7.22. The molecule has 4 aliphatic carbocycles. The van der Waals surface area contributed by atoms with Crippen LogP contribution in [-0.2, 0) is 14.6 Å². The number of allylic oxidation sites excluding steroid dienone is 1. The molecule has 39 heavy (non-hydrogen) atoms. The van der Waals surface area contributed by atoms with Crippen molar-refractivity contribution in [2.75, 3.05) is 6.61 Å². The molecule has 0 aromatic carbocycles. The molecule has 0 radical (unpaired) electrons. The van der Waals surface area contributed by atoms with Crippen molar-refractivity contribution >= 4 is 10.4 Å². The lowest BCUT2D eigenvalue weighted by atomic mass is 9.38. The maximum atomic E-state index is 12.5. The predicted octanol–water partition coefficient (Wildman–Crippen LogP) is 0.445. The summed E-state index contributed by atoms with van der Waals surface area (Å²) in [5.41, 5.74) is -8.24. The van der Waals surface area contributed by atoms with Gasteiger partial charge in [-0.2, -0.15) is 8.42 Å². The number of rotatable bonds is 7. The predicted molar refractivity (Wildman–Crippen MR) is 139 cm³/mol. The molecule has 4 fully saturated rings. The number of hydrogen-bond donors (Lipinski definition) is 8. The molecule has 0 aromatic heterocycles. The average Bonchev–Trinajstić information content (AvgIpc) is 3.06. The minimum Gasteiger partial charge on any atom is -0.392 e. The van der Waals surface area contributed by atoms with Gasteiger partial charge in [-0.3, -0.25) is 4.55 Å². The number of fused-ring (bicyclic) bond motifs is 5. The van der Waals surface area contributed by atoms with E-state index in [9.17, 15) is 48.7 Å². The molecular weight excluding hydrogens is 532 g/mol. The zero-order chi connectivity index (χ0) is 29.4. The van der Waals surface area contributed by atoms with Gasteiger partial charge in [-0.25, -0.2) is 4.18 Å². The number of aliphatic hydroxyl groups excluding tert-OH is 4. The van der Waals surface area contributed by atoms with E-state index in [1.54, 1.807) is 6.92 Å². The molecular formula is C27H46O11S. The van der Waals surface area contributed by atoms with Gasteiger partial charge in [-0.1, -0.05) is 32.4 Å². The van der Waals surface area contributed by atoms with E-state index in [0.717, 1.165) is 12.0 Å². The Morgan fingerprint density at radius 1 is 1.08 bits per heavy atom. The number of aliphatic hydroxyl groups is 7. The van der Waals surface area contributed by atoms with Crippen LogP contribution in [0.4, 0.5) is 0 Å². The van der Waals surface area contributed by atoms with Gasteiger partial charge in [-0.15, -0.1) is 0 Å². The monoisotopic (exact) mass is 578 g/mol. The Hall–Kier alpha value is -0.670. The van der Waals surface area contributed by atoms with E-state index >= 15 is 0 Å². The summed E-state index contributed by atoms with van der Waals surface area (Å²) in [5.74, 6) is -1.08. The van der Waals surface area contributed by atoms with Crippen LogP contribution in [0.5, 0.6) is 0 Å². The van der Waals surface area contributed by atoms with Crippen molar-refractivity contribution in [2.45, 2.75) is 120 Å². The Bertz CT molecular complexity index is 1080. The van der Waals surface area contributed by atoms with E-state index in [1.807, 2.05) is 26.8 Å². The van der Waals surface area contributed by atoms with Crippen LogP contribution in [0.2, 0.25) is 0 Å². The van der Waals surface area contributed by atoms with E-state index in [1.165, 1.54) is 0 Å². The van der Waals surface area contributed by atoms with Crippen molar-refractivity contribution in [2.24, 2.45) is 28.6 Å². The minimum atomic E-state index is -5.19. The standard InChI is InChI=1S/C27H46O11S/c1-15(14-28)6-5-7-16(2)17-12-20(30)27(34)23(17,3)11-9-19-24(4)10-8-18(29)22(31)26(24,33)21(13-25(19,27)32)38-39(35,36)37/h6,16-22,28-34H,5,7-14H2,1-4H3,(H,35,36,37). The number of hydrogen-bond acceptors (Lipinski definition) is 10. The maximum Gasteiger partial charge on any atom is 0.397 e. The third kappa shape index (κ3) is 4.28. The molecule has 0 aromatic rings. The molecule has 0 aliphatic heterocycles. The van der Waals surface area contributed by atoms with Crippen molar-refractivity contribution in [3.8, 4) is 0 Å². The summed E-state index contributed by atoms with van der Waals surface area (Å²) < 4.78 is 38.2. The van der Waals surface area contributed by atoms with Crippen LogP contribution in [0.3, 0.4) is 0 Å². The van der Waals surface area contributed by atoms with Gasteiger partial charge in [-0.05, 0) is 69.6 Å². The molecule has 8 N–H and O–H groups in total. The van der Waals surface area contributed by atoms with Crippen molar-refractivity contribution in [3.05, 3.63) is 11.6 Å². The fraction of sp³-hybridized carbons (Fsp3) is 0.926. The molecule has 4 rings (SSSR count). The van der Waals surface area contributed by atoms with E-state index in [0.29, 0.717) is 19.3 Å². The van der Waals surface area contributed by atoms with Gasteiger partial charge in [0.2, 0.25) is 0 Å².